The molecule has 0 unspecified atom stereocenters. The van der Waals surface area contributed by atoms with E-state index in [0.717, 1.165) is 29.0 Å². The highest BCUT2D eigenvalue weighted by molar-refractivity contribution is 5.93. The SMILES string of the molecule is Nc1ccc2ncnc(Nc3ccc4c(ccn4Cc4ccccc4)c3)c2c1. The largest absolute Gasteiger partial charge is 0.399 e. The molecule has 5 nitrogen and oxygen atoms in total. The molecule has 0 atom stereocenters. The molecule has 3 aromatic carbocycles. The highest BCUT2D eigenvalue weighted by Gasteiger charge is 2.07. The maximum atomic E-state index is 5.94. The summed E-state index contributed by atoms with van der Waals surface area (Å²) in [6.45, 7) is 0.854. The van der Waals surface area contributed by atoms with Crippen molar-refractivity contribution in [1.82, 2.24) is 14.5 Å². The third-order valence-electron chi connectivity index (χ3n) is 4.89. The quantitative estimate of drug-likeness (QED) is 0.442. The number of nitrogens with two attached hydrogens (primary N) is 1. The number of fused-ring (bicyclic) bond motifs is 2. The molecular formula is C23H19N5. The van der Waals surface area contributed by atoms with Gasteiger partial charge in [0.05, 0.1) is 5.52 Å². The van der Waals surface area contributed by atoms with E-state index in [2.05, 4.69) is 74.6 Å². The van der Waals surface area contributed by atoms with E-state index in [1.807, 2.05) is 24.3 Å². The fourth-order valence-electron chi connectivity index (χ4n) is 3.51. The van der Waals surface area contributed by atoms with E-state index >= 15 is 0 Å². The molecular weight excluding hydrogens is 346 g/mol. The molecule has 136 valence electrons. The van der Waals surface area contributed by atoms with Gasteiger partial charge in [0, 0.05) is 40.4 Å². The van der Waals surface area contributed by atoms with Gasteiger partial charge >= 0.3 is 0 Å². The molecule has 0 aliphatic rings. The molecule has 2 aromatic heterocycles. The summed E-state index contributed by atoms with van der Waals surface area (Å²) >= 11 is 0. The van der Waals surface area contributed by atoms with E-state index in [9.17, 15) is 0 Å². The second-order valence-electron chi connectivity index (χ2n) is 6.83. The maximum absolute atomic E-state index is 5.94. The summed E-state index contributed by atoms with van der Waals surface area (Å²) in [4.78, 5) is 8.71. The Morgan fingerprint density at radius 1 is 0.893 bits per heavy atom. The normalized spacial score (nSPS) is 11.1. The minimum absolute atomic E-state index is 0.693. The minimum Gasteiger partial charge on any atom is -0.399 e. The predicted molar refractivity (Wildman–Crippen MR) is 115 cm³/mol. The van der Waals surface area contributed by atoms with E-state index < -0.39 is 0 Å². The van der Waals surface area contributed by atoms with Crippen LogP contribution in [-0.2, 0) is 6.54 Å². The van der Waals surface area contributed by atoms with E-state index in [1.54, 1.807) is 6.33 Å². The van der Waals surface area contributed by atoms with Gasteiger partial charge in [0.25, 0.3) is 0 Å². The van der Waals surface area contributed by atoms with Crippen molar-refractivity contribution >= 4 is 39.0 Å². The van der Waals surface area contributed by atoms with Crippen LogP contribution in [-0.4, -0.2) is 14.5 Å². The summed E-state index contributed by atoms with van der Waals surface area (Å²) in [7, 11) is 0. The third kappa shape index (κ3) is 3.03. The Morgan fingerprint density at radius 2 is 1.79 bits per heavy atom. The van der Waals surface area contributed by atoms with Crippen LogP contribution in [0.2, 0.25) is 0 Å². The lowest BCUT2D eigenvalue weighted by atomic mass is 10.2. The van der Waals surface area contributed by atoms with Gasteiger partial charge in [0.15, 0.2) is 0 Å². The summed E-state index contributed by atoms with van der Waals surface area (Å²) in [5, 5.41) is 5.50. The second-order valence-corrected chi connectivity index (χ2v) is 6.83. The molecule has 0 saturated carbocycles. The van der Waals surface area contributed by atoms with Gasteiger partial charge < -0.3 is 15.6 Å². The Balaban J connectivity index is 1.47. The van der Waals surface area contributed by atoms with Gasteiger partial charge in [-0.05, 0) is 48.0 Å². The number of hydrogen-bond acceptors (Lipinski definition) is 4. The molecule has 2 heterocycles. The molecule has 0 aliphatic carbocycles. The van der Waals surface area contributed by atoms with Gasteiger partial charge in [-0.1, -0.05) is 30.3 Å². The lowest BCUT2D eigenvalue weighted by molar-refractivity contribution is 0.837. The van der Waals surface area contributed by atoms with Gasteiger partial charge in [-0.15, -0.1) is 0 Å². The van der Waals surface area contributed by atoms with Crippen LogP contribution in [0.15, 0.2) is 85.3 Å². The monoisotopic (exact) mass is 365 g/mol. The molecule has 0 amide bonds. The van der Waals surface area contributed by atoms with Crippen LogP contribution in [0.25, 0.3) is 21.8 Å². The Morgan fingerprint density at radius 3 is 2.68 bits per heavy atom. The van der Waals surface area contributed by atoms with Crippen molar-refractivity contribution in [3.8, 4) is 0 Å². The smallest absolute Gasteiger partial charge is 0.141 e. The lowest BCUT2D eigenvalue weighted by Crippen LogP contribution is -1.98. The van der Waals surface area contributed by atoms with Crippen LogP contribution in [0.3, 0.4) is 0 Å². The summed E-state index contributed by atoms with van der Waals surface area (Å²) in [5.41, 5.74) is 11.0. The molecule has 0 aliphatic heterocycles. The van der Waals surface area contributed by atoms with E-state index in [4.69, 9.17) is 5.73 Å². The van der Waals surface area contributed by atoms with Gasteiger partial charge in [0.1, 0.15) is 12.1 Å². The number of aromatic nitrogens is 3. The number of anilines is 3. The fraction of sp³-hybridized carbons (Fsp3) is 0.0435. The molecule has 0 spiro atoms. The van der Waals surface area contributed by atoms with Crippen LogP contribution in [0, 0.1) is 0 Å². The number of hydrogen-bond donors (Lipinski definition) is 2. The van der Waals surface area contributed by atoms with Crippen molar-refractivity contribution in [2.45, 2.75) is 6.54 Å². The Hall–Kier alpha value is -3.86. The highest BCUT2D eigenvalue weighted by atomic mass is 15.0. The molecule has 5 aromatic rings. The first-order valence-electron chi connectivity index (χ1n) is 9.16. The van der Waals surface area contributed by atoms with Crippen LogP contribution in [0.1, 0.15) is 5.56 Å². The zero-order valence-electron chi connectivity index (χ0n) is 15.2. The first-order chi connectivity index (χ1) is 13.8. The number of nitrogens with one attached hydrogen (secondary N) is 1. The Kier molecular flexibility index (Phi) is 3.91. The molecule has 5 heteroatoms. The minimum atomic E-state index is 0.693. The van der Waals surface area contributed by atoms with Crippen molar-refractivity contribution in [3.05, 3.63) is 90.9 Å². The number of rotatable bonds is 4. The van der Waals surface area contributed by atoms with Gasteiger partial charge in [-0.3, -0.25) is 0 Å². The fourth-order valence-corrected chi connectivity index (χ4v) is 3.51. The van der Waals surface area contributed by atoms with Crippen molar-refractivity contribution in [1.29, 1.82) is 0 Å². The molecule has 28 heavy (non-hydrogen) atoms. The average molecular weight is 365 g/mol. The van der Waals surface area contributed by atoms with Crippen molar-refractivity contribution in [2.24, 2.45) is 0 Å². The van der Waals surface area contributed by atoms with Crippen molar-refractivity contribution < 1.29 is 0 Å². The van der Waals surface area contributed by atoms with Crippen molar-refractivity contribution in [2.75, 3.05) is 11.1 Å². The van der Waals surface area contributed by atoms with Crippen LogP contribution < -0.4 is 11.1 Å². The first kappa shape index (κ1) is 16.3. The second kappa shape index (κ2) is 6.70. The maximum Gasteiger partial charge on any atom is 0.141 e. The molecule has 3 N–H and O–H groups in total. The summed E-state index contributed by atoms with van der Waals surface area (Å²) in [5.74, 6) is 0.750. The van der Waals surface area contributed by atoms with Gasteiger partial charge in [-0.2, -0.15) is 0 Å². The standard InChI is InChI=1S/C23H19N5/c24-18-6-8-21-20(13-18)23(26-15-25-21)27-19-7-9-22-17(12-19)10-11-28(22)14-16-4-2-1-3-5-16/h1-13,15H,14,24H2,(H,25,26,27). The Bertz CT molecular complexity index is 1270. The lowest BCUT2D eigenvalue weighted by Gasteiger charge is -2.10. The van der Waals surface area contributed by atoms with Crippen LogP contribution in [0.5, 0.6) is 0 Å². The first-order valence-corrected chi connectivity index (χ1v) is 9.16. The van der Waals surface area contributed by atoms with Crippen molar-refractivity contribution in [3.63, 3.8) is 0 Å². The molecule has 0 bridgehead atoms. The van der Waals surface area contributed by atoms with E-state index in [-0.39, 0.29) is 0 Å². The average Bonchev–Trinajstić information content (AvgIpc) is 3.11. The Labute approximate surface area is 162 Å². The number of benzene rings is 3. The molecule has 0 fully saturated rings. The third-order valence-corrected chi connectivity index (χ3v) is 4.89. The number of nitrogens with zero attached hydrogens (tertiary/aromatic N) is 3. The topological polar surface area (TPSA) is 68.8 Å². The van der Waals surface area contributed by atoms with E-state index in [1.165, 1.54) is 16.5 Å². The highest BCUT2D eigenvalue weighted by Crippen LogP contribution is 2.27. The number of nitrogen functional groups attached to an aromatic ring is 1. The summed E-state index contributed by atoms with van der Waals surface area (Å²) in [6.07, 6.45) is 3.69. The zero-order chi connectivity index (χ0) is 18.9. The molecule has 0 saturated heterocycles. The zero-order valence-corrected chi connectivity index (χ0v) is 15.2. The van der Waals surface area contributed by atoms with Crippen LogP contribution in [0.4, 0.5) is 17.2 Å². The van der Waals surface area contributed by atoms with Gasteiger partial charge in [-0.25, -0.2) is 9.97 Å². The molecule has 0 radical (unpaired) electrons. The van der Waals surface area contributed by atoms with Crippen LogP contribution >= 0.6 is 0 Å². The molecule has 5 rings (SSSR count). The summed E-state index contributed by atoms with van der Waals surface area (Å²) in [6, 6.07) is 24.6. The predicted octanol–water partition coefficient (Wildman–Crippen LogP) is 4.96. The van der Waals surface area contributed by atoms with E-state index in [0.29, 0.717) is 5.69 Å². The summed E-state index contributed by atoms with van der Waals surface area (Å²) < 4.78 is 2.26. The van der Waals surface area contributed by atoms with Gasteiger partial charge in [0.2, 0.25) is 0 Å².